The van der Waals surface area contributed by atoms with E-state index in [4.69, 9.17) is 0 Å². The van der Waals surface area contributed by atoms with E-state index >= 15 is 0 Å². The highest BCUT2D eigenvalue weighted by atomic mass is 32.3. The van der Waals surface area contributed by atoms with E-state index in [1.807, 2.05) is 0 Å². The van der Waals surface area contributed by atoms with Gasteiger partial charge >= 0.3 is 0 Å². The first-order valence-corrected chi connectivity index (χ1v) is 8.94. The SMILES string of the molecule is CC(CC(C)C)=NCCCN(C)S(C)(C)C. The molecule has 0 aliphatic rings. The summed E-state index contributed by atoms with van der Waals surface area (Å²) in [5.41, 5.74) is 1.31. The zero-order chi connectivity index (χ0) is 12.8. The van der Waals surface area contributed by atoms with E-state index < -0.39 is 10.2 Å². The van der Waals surface area contributed by atoms with Crippen LogP contribution in [0.3, 0.4) is 0 Å². The predicted molar refractivity (Wildman–Crippen MR) is 80.0 cm³/mol. The molecular weight excluding hydrogens is 216 g/mol. The zero-order valence-electron chi connectivity index (χ0n) is 12.2. The summed E-state index contributed by atoms with van der Waals surface area (Å²) >= 11 is 0. The second-order valence-corrected chi connectivity index (χ2v) is 9.86. The Balaban J connectivity index is 3.75. The summed E-state index contributed by atoms with van der Waals surface area (Å²) in [4.78, 5) is 4.62. The third-order valence-electron chi connectivity index (χ3n) is 2.65. The van der Waals surface area contributed by atoms with E-state index in [-0.39, 0.29) is 0 Å². The minimum atomic E-state index is -0.538. The molecule has 0 atom stereocenters. The van der Waals surface area contributed by atoms with Crippen LogP contribution in [-0.2, 0) is 0 Å². The van der Waals surface area contributed by atoms with E-state index in [0.29, 0.717) is 0 Å². The molecule has 0 aromatic heterocycles. The number of hydrogen-bond acceptors (Lipinski definition) is 2. The predicted octanol–water partition coefficient (Wildman–Crippen LogP) is 3.42. The Morgan fingerprint density at radius 1 is 1.25 bits per heavy atom. The smallest absolute Gasteiger partial charge is 0.0401 e. The van der Waals surface area contributed by atoms with Crippen molar-refractivity contribution in [1.29, 1.82) is 0 Å². The van der Waals surface area contributed by atoms with Crippen molar-refractivity contribution in [2.45, 2.75) is 33.6 Å². The fraction of sp³-hybridized carbons (Fsp3) is 0.923. The largest absolute Gasteiger partial charge is 0.294 e. The molecule has 0 spiro atoms. The van der Waals surface area contributed by atoms with Crippen LogP contribution in [0.4, 0.5) is 0 Å². The molecule has 0 heterocycles. The first-order chi connectivity index (χ1) is 7.23. The van der Waals surface area contributed by atoms with Crippen molar-refractivity contribution in [2.75, 3.05) is 38.9 Å². The van der Waals surface area contributed by atoms with Crippen LogP contribution in [0.1, 0.15) is 33.6 Å². The standard InChI is InChI=1S/C13H30N2S/c1-12(2)11-13(3)14-9-8-10-15(4)16(5,6)7/h12H,8-11H2,1-7H3. The summed E-state index contributed by atoms with van der Waals surface area (Å²) in [6.07, 6.45) is 9.32. The third kappa shape index (κ3) is 8.17. The average Bonchev–Trinajstić information content (AvgIpc) is 2.09. The highest BCUT2D eigenvalue weighted by Crippen LogP contribution is 2.37. The molecular formula is C13H30N2S. The van der Waals surface area contributed by atoms with E-state index in [1.165, 1.54) is 12.1 Å². The lowest BCUT2D eigenvalue weighted by molar-refractivity contribution is 0.537. The molecule has 2 nitrogen and oxygen atoms in total. The summed E-state index contributed by atoms with van der Waals surface area (Å²) in [7, 11) is 1.68. The summed E-state index contributed by atoms with van der Waals surface area (Å²) < 4.78 is 2.47. The van der Waals surface area contributed by atoms with Crippen LogP contribution in [0.25, 0.3) is 0 Å². The minimum absolute atomic E-state index is 0.538. The molecule has 0 rings (SSSR count). The number of rotatable bonds is 7. The average molecular weight is 246 g/mol. The molecule has 0 amide bonds. The quantitative estimate of drug-likeness (QED) is 0.496. The van der Waals surface area contributed by atoms with Crippen LogP contribution < -0.4 is 0 Å². The maximum absolute atomic E-state index is 4.62. The number of aliphatic imine (C=N–C) groups is 1. The summed E-state index contributed by atoms with van der Waals surface area (Å²) in [6.45, 7) is 8.79. The van der Waals surface area contributed by atoms with Gasteiger partial charge in [-0.2, -0.15) is 10.2 Å². The molecule has 0 fully saturated rings. The Kier molecular flexibility index (Phi) is 7.32. The van der Waals surface area contributed by atoms with Gasteiger partial charge in [-0.1, -0.05) is 13.8 Å². The molecule has 0 radical (unpaired) electrons. The lowest BCUT2D eigenvalue weighted by Crippen LogP contribution is -2.23. The normalized spacial score (nSPS) is 14.9. The molecule has 0 bridgehead atoms. The van der Waals surface area contributed by atoms with Gasteiger partial charge < -0.3 is 0 Å². The van der Waals surface area contributed by atoms with Gasteiger partial charge in [0, 0.05) is 18.8 Å². The molecule has 0 aliphatic heterocycles. The van der Waals surface area contributed by atoms with Crippen molar-refractivity contribution in [1.82, 2.24) is 4.31 Å². The first-order valence-electron chi connectivity index (χ1n) is 6.13. The topological polar surface area (TPSA) is 15.6 Å². The number of hydrogen-bond donors (Lipinski definition) is 0. The Morgan fingerprint density at radius 2 is 1.81 bits per heavy atom. The van der Waals surface area contributed by atoms with Gasteiger partial charge in [-0.05, 0) is 51.5 Å². The Labute approximate surface area is 104 Å². The van der Waals surface area contributed by atoms with Crippen LogP contribution in [0.15, 0.2) is 4.99 Å². The molecule has 0 unspecified atom stereocenters. The van der Waals surface area contributed by atoms with E-state index in [0.717, 1.165) is 25.4 Å². The third-order valence-corrected chi connectivity index (χ3v) is 4.70. The zero-order valence-corrected chi connectivity index (χ0v) is 13.0. The van der Waals surface area contributed by atoms with Crippen molar-refractivity contribution in [2.24, 2.45) is 10.9 Å². The van der Waals surface area contributed by atoms with Crippen LogP contribution in [0.5, 0.6) is 0 Å². The first kappa shape index (κ1) is 16.0. The summed E-state index contributed by atoms with van der Waals surface area (Å²) in [5.74, 6) is 0.727. The molecule has 16 heavy (non-hydrogen) atoms. The van der Waals surface area contributed by atoms with Crippen molar-refractivity contribution in [3.63, 3.8) is 0 Å². The molecule has 0 N–H and O–H groups in total. The van der Waals surface area contributed by atoms with Crippen molar-refractivity contribution in [3.05, 3.63) is 0 Å². The molecule has 0 aromatic rings. The Hall–Kier alpha value is -0.0200. The van der Waals surface area contributed by atoms with Gasteiger partial charge in [-0.15, -0.1) is 0 Å². The molecule has 0 saturated carbocycles. The fourth-order valence-corrected chi connectivity index (χ4v) is 2.17. The second kappa shape index (κ2) is 7.33. The maximum Gasteiger partial charge on any atom is 0.0401 e. The van der Waals surface area contributed by atoms with Gasteiger partial charge in [-0.25, -0.2) is 0 Å². The van der Waals surface area contributed by atoms with E-state index in [2.05, 4.69) is 55.9 Å². The van der Waals surface area contributed by atoms with Crippen molar-refractivity contribution < 1.29 is 0 Å². The van der Waals surface area contributed by atoms with Crippen LogP contribution in [0, 0.1) is 5.92 Å². The van der Waals surface area contributed by atoms with Crippen molar-refractivity contribution >= 4 is 15.9 Å². The van der Waals surface area contributed by atoms with E-state index in [1.54, 1.807) is 0 Å². The van der Waals surface area contributed by atoms with Crippen molar-refractivity contribution in [3.8, 4) is 0 Å². The Morgan fingerprint density at radius 3 is 2.25 bits per heavy atom. The molecule has 0 saturated heterocycles. The van der Waals surface area contributed by atoms with E-state index in [9.17, 15) is 0 Å². The van der Waals surface area contributed by atoms with Crippen LogP contribution >= 0.6 is 10.2 Å². The van der Waals surface area contributed by atoms with Crippen LogP contribution in [0.2, 0.25) is 0 Å². The maximum atomic E-state index is 4.62. The van der Waals surface area contributed by atoms with Gasteiger partial charge in [-0.3, -0.25) is 9.30 Å². The fourth-order valence-electron chi connectivity index (χ4n) is 1.49. The lowest BCUT2D eigenvalue weighted by atomic mass is 10.1. The second-order valence-electron chi connectivity index (χ2n) is 5.69. The van der Waals surface area contributed by atoms with Gasteiger partial charge in [0.15, 0.2) is 0 Å². The summed E-state index contributed by atoms with van der Waals surface area (Å²) in [6, 6.07) is 0. The highest BCUT2D eigenvalue weighted by Gasteiger charge is 2.10. The minimum Gasteiger partial charge on any atom is -0.294 e. The molecule has 0 aromatic carbocycles. The highest BCUT2D eigenvalue weighted by molar-refractivity contribution is 8.30. The number of nitrogens with zero attached hydrogens (tertiary/aromatic N) is 2. The van der Waals surface area contributed by atoms with Gasteiger partial charge in [0.1, 0.15) is 0 Å². The molecule has 0 aliphatic carbocycles. The van der Waals surface area contributed by atoms with Gasteiger partial charge in [0.25, 0.3) is 0 Å². The van der Waals surface area contributed by atoms with Gasteiger partial charge in [0.2, 0.25) is 0 Å². The Bertz CT molecular complexity index is 216. The monoisotopic (exact) mass is 246 g/mol. The molecule has 3 heteroatoms. The molecule has 98 valence electrons. The summed E-state index contributed by atoms with van der Waals surface area (Å²) in [5, 5.41) is 0. The van der Waals surface area contributed by atoms with Crippen LogP contribution in [-0.4, -0.2) is 48.9 Å². The van der Waals surface area contributed by atoms with Gasteiger partial charge in [0.05, 0.1) is 0 Å². The lowest BCUT2D eigenvalue weighted by Gasteiger charge is -2.37.